The summed E-state index contributed by atoms with van der Waals surface area (Å²) in [5, 5.41) is 9.39. The Morgan fingerprint density at radius 2 is 1.67 bits per heavy atom. The summed E-state index contributed by atoms with van der Waals surface area (Å²) in [5.74, 6) is -0.450. The molecule has 0 unspecified atom stereocenters. The van der Waals surface area contributed by atoms with Crippen LogP contribution in [0.1, 0.15) is 27.2 Å². The average molecular weight is 375 g/mol. The summed E-state index contributed by atoms with van der Waals surface area (Å²) in [6.07, 6.45) is -0.242. The van der Waals surface area contributed by atoms with Gasteiger partial charge in [-0.3, -0.25) is 14.5 Å². The van der Waals surface area contributed by atoms with E-state index in [4.69, 9.17) is 4.74 Å². The minimum absolute atomic E-state index is 0.0765. The minimum Gasteiger partial charge on any atom is -0.508 e. The van der Waals surface area contributed by atoms with Gasteiger partial charge in [0.25, 0.3) is 5.91 Å². The normalized spacial score (nSPS) is 21.7. The van der Waals surface area contributed by atoms with E-state index in [1.165, 1.54) is 17.0 Å². The molecule has 1 atom stereocenters. The van der Waals surface area contributed by atoms with Crippen LogP contribution in [0.3, 0.4) is 0 Å². The van der Waals surface area contributed by atoms with Crippen LogP contribution in [0.25, 0.3) is 0 Å². The van der Waals surface area contributed by atoms with Crippen molar-refractivity contribution in [2.24, 2.45) is 0 Å². The largest absolute Gasteiger partial charge is 0.508 e. The van der Waals surface area contributed by atoms with Crippen molar-refractivity contribution in [2.45, 2.75) is 38.8 Å². The lowest BCUT2D eigenvalue weighted by molar-refractivity contribution is -0.123. The Morgan fingerprint density at radius 3 is 2.22 bits per heavy atom. The molecule has 146 valence electrons. The number of nitrogens with zero attached hydrogens (tertiary/aromatic N) is 3. The maximum atomic E-state index is 12.8. The number of benzene rings is 1. The van der Waals surface area contributed by atoms with E-state index >= 15 is 0 Å². The van der Waals surface area contributed by atoms with Crippen LogP contribution in [0, 0.1) is 0 Å². The summed E-state index contributed by atoms with van der Waals surface area (Å²) >= 11 is 0. The molecule has 2 aliphatic rings. The van der Waals surface area contributed by atoms with Crippen molar-refractivity contribution in [3.63, 3.8) is 0 Å². The first-order valence-corrected chi connectivity index (χ1v) is 9.03. The van der Waals surface area contributed by atoms with Gasteiger partial charge in [0.1, 0.15) is 11.4 Å². The molecule has 2 fully saturated rings. The molecule has 2 saturated heterocycles. The van der Waals surface area contributed by atoms with Gasteiger partial charge in [-0.25, -0.2) is 9.69 Å². The zero-order valence-electron chi connectivity index (χ0n) is 15.8. The van der Waals surface area contributed by atoms with Crippen molar-refractivity contribution in [3.8, 4) is 5.75 Å². The molecule has 0 spiro atoms. The second-order valence-corrected chi connectivity index (χ2v) is 7.81. The summed E-state index contributed by atoms with van der Waals surface area (Å²) in [6.45, 7) is 7.38. The number of phenols is 1. The van der Waals surface area contributed by atoms with Crippen molar-refractivity contribution >= 4 is 23.6 Å². The number of aromatic hydroxyl groups is 1. The van der Waals surface area contributed by atoms with E-state index in [2.05, 4.69) is 0 Å². The number of anilines is 1. The molecule has 8 heteroatoms. The number of hydrogen-bond donors (Lipinski definition) is 1. The van der Waals surface area contributed by atoms with Gasteiger partial charge in [-0.2, -0.15) is 0 Å². The first-order valence-electron chi connectivity index (χ1n) is 9.03. The van der Waals surface area contributed by atoms with E-state index in [0.29, 0.717) is 31.9 Å². The number of carbonyl (C=O) groups excluding carboxylic acids is 3. The van der Waals surface area contributed by atoms with Gasteiger partial charge in [-0.1, -0.05) is 0 Å². The highest BCUT2D eigenvalue weighted by Crippen LogP contribution is 2.27. The third-order valence-electron chi connectivity index (χ3n) is 4.64. The zero-order chi connectivity index (χ0) is 19.8. The number of ether oxygens (including phenoxy) is 1. The molecule has 3 amide bonds. The highest BCUT2D eigenvalue weighted by Gasteiger charge is 2.43. The molecule has 0 aliphatic carbocycles. The van der Waals surface area contributed by atoms with Crippen LogP contribution in [0.4, 0.5) is 10.5 Å². The van der Waals surface area contributed by atoms with Gasteiger partial charge in [0.2, 0.25) is 5.91 Å². The summed E-state index contributed by atoms with van der Waals surface area (Å²) in [4.78, 5) is 42.1. The molecule has 2 aliphatic heterocycles. The van der Waals surface area contributed by atoms with Crippen LogP contribution in [0.2, 0.25) is 0 Å². The fourth-order valence-corrected chi connectivity index (χ4v) is 3.32. The predicted molar refractivity (Wildman–Crippen MR) is 98.4 cm³/mol. The maximum Gasteiger partial charge on any atom is 0.410 e. The van der Waals surface area contributed by atoms with Gasteiger partial charge in [0.15, 0.2) is 0 Å². The number of carbonyl (C=O) groups is 3. The molecule has 1 N–H and O–H groups in total. The third-order valence-corrected chi connectivity index (χ3v) is 4.64. The smallest absolute Gasteiger partial charge is 0.410 e. The van der Waals surface area contributed by atoms with Crippen LogP contribution in [0.5, 0.6) is 5.75 Å². The predicted octanol–water partition coefficient (Wildman–Crippen LogP) is 1.58. The van der Waals surface area contributed by atoms with Crippen molar-refractivity contribution in [1.29, 1.82) is 0 Å². The first-order chi connectivity index (χ1) is 12.7. The van der Waals surface area contributed by atoms with Gasteiger partial charge < -0.3 is 14.7 Å². The second-order valence-electron chi connectivity index (χ2n) is 7.81. The molecule has 0 saturated carbocycles. The summed E-state index contributed by atoms with van der Waals surface area (Å²) in [7, 11) is 0. The lowest BCUT2D eigenvalue weighted by Crippen LogP contribution is -2.54. The molecule has 1 aromatic carbocycles. The zero-order valence-corrected chi connectivity index (χ0v) is 15.8. The molecule has 27 heavy (non-hydrogen) atoms. The number of piperazine rings is 1. The number of amides is 3. The lowest BCUT2D eigenvalue weighted by Gasteiger charge is -2.37. The Morgan fingerprint density at radius 1 is 1.07 bits per heavy atom. The van der Waals surface area contributed by atoms with Crippen LogP contribution in [-0.4, -0.2) is 70.6 Å². The van der Waals surface area contributed by atoms with E-state index in [9.17, 15) is 19.5 Å². The van der Waals surface area contributed by atoms with E-state index < -0.39 is 11.6 Å². The summed E-state index contributed by atoms with van der Waals surface area (Å²) in [6, 6.07) is 5.47. The van der Waals surface area contributed by atoms with Gasteiger partial charge in [0.05, 0.1) is 18.2 Å². The second kappa shape index (κ2) is 7.19. The molecule has 1 aromatic rings. The number of phenolic OH excluding ortho intramolecular Hbond substituents is 1. The maximum absolute atomic E-state index is 12.8. The third kappa shape index (κ3) is 4.21. The molecule has 0 bridgehead atoms. The molecule has 0 radical (unpaired) electrons. The summed E-state index contributed by atoms with van der Waals surface area (Å²) in [5.41, 5.74) is -0.0927. The van der Waals surface area contributed by atoms with Crippen LogP contribution >= 0.6 is 0 Å². The van der Waals surface area contributed by atoms with Crippen LogP contribution in [-0.2, 0) is 14.3 Å². The Hall–Kier alpha value is -2.61. The quantitative estimate of drug-likeness (QED) is 0.790. The fourth-order valence-electron chi connectivity index (χ4n) is 3.32. The van der Waals surface area contributed by atoms with Crippen molar-refractivity contribution < 1.29 is 24.2 Å². The highest BCUT2D eigenvalue weighted by atomic mass is 16.6. The number of hydrogen-bond acceptors (Lipinski definition) is 6. The van der Waals surface area contributed by atoms with E-state index in [1.54, 1.807) is 17.0 Å². The highest BCUT2D eigenvalue weighted by molar-refractivity contribution is 6.22. The Bertz CT molecular complexity index is 733. The van der Waals surface area contributed by atoms with Crippen LogP contribution < -0.4 is 4.90 Å². The van der Waals surface area contributed by atoms with Crippen molar-refractivity contribution in [2.75, 3.05) is 31.1 Å². The van der Waals surface area contributed by atoms with E-state index in [1.807, 2.05) is 25.7 Å². The minimum atomic E-state index is -0.549. The molecule has 0 aromatic heterocycles. The fraction of sp³-hybridized carbons (Fsp3) is 0.526. The molecular weight excluding hydrogens is 350 g/mol. The van der Waals surface area contributed by atoms with Crippen LogP contribution in [0.15, 0.2) is 24.3 Å². The topological polar surface area (TPSA) is 90.4 Å². The van der Waals surface area contributed by atoms with E-state index in [0.717, 1.165) is 0 Å². The monoisotopic (exact) mass is 375 g/mol. The Labute approximate surface area is 158 Å². The van der Waals surface area contributed by atoms with Gasteiger partial charge >= 0.3 is 6.09 Å². The summed E-state index contributed by atoms with van der Waals surface area (Å²) < 4.78 is 5.38. The van der Waals surface area contributed by atoms with Gasteiger partial charge in [0, 0.05) is 26.2 Å². The van der Waals surface area contributed by atoms with E-state index in [-0.39, 0.29) is 30.1 Å². The molecular formula is C19H25N3O5. The number of rotatable bonds is 2. The van der Waals surface area contributed by atoms with Gasteiger partial charge in [-0.15, -0.1) is 0 Å². The average Bonchev–Trinajstić information content (AvgIpc) is 2.89. The lowest BCUT2D eigenvalue weighted by atomic mass is 10.1. The number of imide groups is 1. The Balaban J connectivity index is 1.62. The molecule has 3 rings (SSSR count). The first kappa shape index (κ1) is 19.2. The molecule has 2 heterocycles. The Kier molecular flexibility index (Phi) is 5.10. The molecule has 8 nitrogen and oxygen atoms in total. The van der Waals surface area contributed by atoms with Crippen molar-refractivity contribution in [3.05, 3.63) is 24.3 Å². The van der Waals surface area contributed by atoms with Gasteiger partial charge in [-0.05, 0) is 45.0 Å². The SMILES string of the molecule is CC(C)(C)OC(=O)N1CCN([C@@H]2CC(=O)N(c3ccc(O)cc3)C2=O)CC1. The van der Waals surface area contributed by atoms with Crippen molar-refractivity contribution in [1.82, 2.24) is 9.80 Å². The standard InChI is InChI=1S/C19H25N3O5/c1-19(2,3)27-18(26)21-10-8-20(9-11-21)15-12-16(24)22(17(15)25)13-4-6-14(23)7-5-13/h4-7,15,23H,8-12H2,1-3H3/t15-/m1/s1.